The lowest BCUT2D eigenvalue weighted by molar-refractivity contribution is 0.252. The molecule has 0 unspecified atom stereocenters. The lowest BCUT2D eigenvalue weighted by Gasteiger charge is -2.06. The quantitative estimate of drug-likeness (QED) is 0.604. The first kappa shape index (κ1) is 17.5. The van der Waals surface area contributed by atoms with Crippen LogP contribution in [0, 0.1) is 18.3 Å². The van der Waals surface area contributed by atoms with E-state index in [2.05, 4.69) is 31.8 Å². The molecule has 0 aliphatic heterocycles. The van der Waals surface area contributed by atoms with Gasteiger partial charge in [-0.1, -0.05) is 15.9 Å². The van der Waals surface area contributed by atoms with Crippen molar-refractivity contribution in [2.45, 2.75) is 6.92 Å². The van der Waals surface area contributed by atoms with E-state index in [9.17, 15) is 4.79 Å². The number of hydrogen-bond acceptors (Lipinski definition) is 4. The van der Waals surface area contributed by atoms with Crippen molar-refractivity contribution in [3.63, 3.8) is 0 Å². The molecule has 0 atom stereocenters. The van der Waals surface area contributed by atoms with Crippen LogP contribution in [0.15, 0.2) is 52.0 Å². The highest BCUT2D eigenvalue weighted by atomic mass is 79.9. The average Bonchev–Trinajstić information content (AvgIpc) is 2.57. The van der Waals surface area contributed by atoms with Crippen LogP contribution in [-0.2, 0) is 0 Å². The third-order valence-electron chi connectivity index (χ3n) is 2.98. The van der Waals surface area contributed by atoms with E-state index in [0.29, 0.717) is 11.4 Å². The average molecular weight is 387 g/mol. The van der Waals surface area contributed by atoms with E-state index < -0.39 is 6.03 Å². The zero-order valence-electron chi connectivity index (χ0n) is 12.9. The molecule has 2 rings (SSSR count). The van der Waals surface area contributed by atoms with Crippen LogP contribution >= 0.6 is 15.9 Å². The number of carbonyl (C=O) groups excluding carboxylic acids is 1. The Balaban J connectivity index is 1.85. The Hall–Kier alpha value is -2.85. The maximum absolute atomic E-state index is 11.8. The molecular formula is C17H15BrN4O2. The number of amides is 2. The summed E-state index contributed by atoms with van der Waals surface area (Å²) in [5.41, 5.74) is 4.89. The predicted molar refractivity (Wildman–Crippen MR) is 96.2 cm³/mol. The largest absolute Gasteiger partial charge is 0.479 e. The third-order valence-corrected chi connectivity index (χ3v) is 3.87. The molecule has 2 aromatic rings. The first-order valence-corrected chi connectivity index (χ1v) is 7.84. The minimum Gasteiger partial charge on any atom is -0.479 e. The van der Waals surface area contributed by atoms with Crippen molar-refractivity contribution in [1.29, 1.82) is 5.26 Å². The molecule has 0 bridgehead atoms. The van der Waals surface area contributed by atoms with E-state index in [1.165, 1.54) is 6.21 Å². The Bertz CT molecular complexity index is 782. The molecule has 0 saturated heterocycles. The number of nitrogens with zero attached hydrogens (tertiary/aromatic N) is 2. The lowest BCUT2D eigenvalue weighted by Crippen LogP contribution is -2.24. The molecule has 24 heavy (non-hydrogen) atoms. The Morgan fingerprint density at radius 2 is 2.08 bits per heavy atom. The maximum atomic E-state index is 11.8. The fourth-order valence-corrected chi connectivity index (χ4v) is 2.06. The fraction of sp³-hybridized carbons (Fsp3) is 0.118. The summed E-state index contributed by atoms with van der Waals surface area (Å²) < 4.78 is 6.13. The number of hydrogen-bond donors (Lipinski definition) is 2. The van der Waals surface area contributed by atoms with Crippen LogP contribution in [-0.4, -0.2) is 18.9 Å². The topological polar surface area (TPSA) is 86.5 Å². The van der Waals surface area contributed by atoms with Gasteiger partial charge in [-0.15, -0.1) is 0 Å². The monoisotopic (exact) mass is 386 g/mol. The molecule has 0 saturated carbocycles. The molecule has 122 valence electrons. The molecule has 0 fully saturated rings. The SMILES string of the molecule is Cc1cc(NC(=O)N/N=C/c2ccc(OCC#N)cc2)ccc1Br. The number of halogens is 1. The number of anilines is 1. The van der Waals surface area contributed by atoms with Gasteiger partial charge < -0.3 is 10.1 Å². The second-order valence-corrected chi connectivity index (χ2v) is 5.66. The number of hydrazone groups is 1. The van der Waals surface area contributed by atoms with Gasteiger partial charge in [0, 0.05) is 10.2 Å². The number of ether oxygens (including phenoxy) is 1. The summed E-state index contributed by atoms with van der Waals surface area (Å²) in [6.45, 7) is 1.94. The van der Waals surface area contributed by atoms with Crippen LogP contribution in [0.4, 0.5) is 10.5 Å². The number of nitriles is 1. The molecular weight excluding hydrogens is 372 g/mol. The molecule has 2 aromatic carbocycles. The van der Waals surface area contributed by atoms with Gasteiger partial charge >= 0.3 is 6.03 Å². The molecule has 0 radical (unpaired) electrons. The number of nitrogens with one attached hydrogen (secondary N) is 2. The summed E-state index contributed by atoms with van der Waals surface area (Å²) in [7, 11) is 0. The van der Waals surface area contributed by atoms with Crippen molar-refractivity contribution in [3.05, 3.63) is 58.1 Å². The van der Waals surface area contributed by atoms with Crippen molar-refractivity contribution < 1.29 is 9.53 Å². The van der Waals surface area contributed by atoms with E-state index in [4.69, 9.17) is 10.00 Å². The first-order chi connectivity index (χ1) is 11.6. The normalized spacial score (nSPS) is 10.2. The number of aryl methyl sites for hydroxylation is 1. The Kier molecular flexibility index (Phi) is 6.34. The summed E-state index contributed by atoms with van der Waals surface area (Å²) >= 11 is 3.41. The smallest absolute Gasteiger partial charge is 0.339 e. The summed E-state index contributed by atoms with van der Waals surface area (Å²) in [5, 5.41) is 15.0. The van der Waals surface area contributed by atoms with Crippen molar-refractivity contribution in [2.75, 3.05) is 11.9 Å². The van der Waals surface area contributed by atoms with Gasteiger partial charge in [-0.05, 0) is 60.5 Å². The van der Waals surface area contributed by atoms with Gasteiger partial charge in [0.25, 0.3) is 0 Å². The third kappa shape index (κ3) is 5.41. The Labute approximate surface area is 148 Å². The highest BCUT2D eigenvalue weighted by Gasteiger charge is 2.02. The number of rotatable bonds is 5. The second kappa shape index (κ2) is 8.70. The van der Waals surface area contributed by atoms with E-state index in [1.807, 2.05) is 25.1 Å². The molecule has 2 N–H and O–H groups in total. The Morgan fingerprint density at radius 3 is 2.75 bits per heavy atom. The standard InChI is InChI=1S/C17H15BrN4O2/c1-12-10-14(4-7-16(12)18)21-17(23)22-20-11-13-2-5-15(6-3-13)24-9-8-19/h2-7,10-11H,9H2,1H3,(H2,21,22,23)/b20-11+. The molecule has 0 heterocycles. The van der Waals surface area contributed by atoms with Crippen LogP contribution in [0.25, 0.3) is 0 Å². The molecule has 6 nitrogen and oxygen atoms in total. The van der Waals surface area contributed by atoms with Crippen molar-refractivity contribution in [2.24, 2.45) is 5.10 Å². The van der Waals surface area contributed by atoms with Crippen LogP contribution < -0.4 is 15.5 Å². The lowest BCUT2D eigenvalue weighted by atomic mass is 10.2. The molecule has 0 spiro atoms. The molecule has 0 aliphatic rings. The van der Waals surface area contributed by atoms with Crippen LogP contribution in [0.1, 0.15) is 11.1 Å². The molecule has 7 heteroatoms. The molecule has 0 aliphatic carbocycles. The van der Waals surface area contributed by atoms with Gasteiger partial charge in [0.1, 0.15) is 11.8 Å². The van der Waals surface area contributed by atoms with Gasteiger partial charge in [-0.2, -0.15) is 10.4 Å². The fourth-order valence-electron chi connectivity index (χ4n) is 1.81. The van der Waals surface area contributed by atoms with Gasteiger partial charge in [-0.3, -0.25) is 0 Å². The zero-order chi connectivity index (χ0) is 17.4. The highest BCUT2D eigenvalue weighted by Crippen LogP contribution is 2.19. The Morgan fingerprint density at radius 1 is 1.33 bits per heavy atom. The zero-order valence-corrected chi connectivity index (χ0v) is 14.5. The van der Waals surface area contributed by atoms with Crippen LogP contribution in [0.3, 0.4) is 0 Å². The molecule has 2 amide bonds. The maximum Gasteiger partial charge on any atom is 0.339 e. The molecule has 0 aromatic heterocycles. The van der Waals surface area contributed by atoms with Gasteiger partial charge in [0.05, 0.1) is 6.21 Å². The van der Waals surface area contributed by atoms with E-state index >= 15 is 0 Å². The number of benzene rings is 2. The van der Waals surface area contributed by atoms with Crippen molar-refractivity contribution in [3.8, 4) is 11.8 Å². The predicted octanol–water partition coefficient (Wildman–Crippen LogP) is 3.82. The van der Waals surface area contributed by atoms with Gasteiger partial charge in [-0.25, -0.2) is 10.2 Å². The van der Waals surface area contributed by atoms with Crippen LogP contribution in [0.2, 0.25) is 0 Å². The summed E-state index contributed by atoms with van der Waals surface area (Å²) in [5.74, 6) is 0.602. The minimum atomic E-state index is -0.429. The minimum absolute atomic E-state index is 0.00466. The summed E-state index contributed by atoms with van der Waals surface area (Å²) in [6, 6.07) is 14.0. The van der Waals surface area contributed by atoms with Crippen LogP contribution in [0.5, 0.6) is 5.75 Å². The first-order valence-electron chi connectivity index (χ1n) is 7.04. The summed E-state index contributed by atoms with van der Waals surface area (Å²) in [6.07, 6.45) is 1.51. The summed E-state index contributed by atoms with van der Waals surface area (Å²) in [4.78, 5) is 11.8. The van der Waals surface area contributed by atoms with E-state index in [1.54, 1.807) is 30.3 Å². The number of urea groups is 1. The van der Waals surface area contributed by atoms with Crippen molar-refractivity contribution in [1.82, 2.24) is 5.43 Å². The van der Waals surface area contributed by atoms with Gasteiger partial charge in [0.15, 0.2) is 6.61 Å². The number of carbonyl (C=O) groups is 1. The second-order valence-electron chi connectivity index (χ2n) is 4.80. The van der Waals surface area contributed by atoms with Gasteiger partial charge in [0.2, 0.25) is 0 Å². The van der Waals surface area contributed by atoms with Crippen molar-refractivity contribution >= 4 is 33.9 Å². The van der Waals surface area contributed by atoms with E-state index in [-0.39, 0.29) is 6.61 Å². The highest BCUT2D eigenvalue weighted by molar-refractivity contribution is 9.10. The van der Waals surface area contributed by atoms with E-state index in [0.717, 1.165) is 15.6 Å².